The molecule has 0 fully saturated rings. The number of carbonyl (C=O) groups excluding carboxylic acids is 1. The van der Waals surface area contributed by atoms with Gasteiger partial charge in [-0.25, -0.2) is 9.59 Å². The quantitative estimate of drug-likeness (QED) is 0.818. The number of fused-ring (bicyclic) bond motifs is 1. The van der Waals surface area contributed by atoms with E-state index in [1.54, 1.807) is 4.90 Å². The van der Waals surface area contributed by atoms with Gasteiger partial charge >= 0.3 is 12.1 Å². The topological polar surface area (TPSA) is 95.5 Å². The Hall–Kier alpha value is -2.05. The molecule has 0 bridgehead atoms. The van der Waals surface area contributed by atoms with Crippen molar-refractivity contribution >= 4 is 12.1 Å². The highest BCUT2D eigenvalue weighted by molar-refractivity contribution is 5.87. The third-order valence-corrected chi connectivity index (χ3v) is 3.14. The molecule has 2 rings (SSSR count). The monoisotopic (exact) mass is 281 g/mol. The van der Waals surface area contributed by atoms with Crippen molar-refractivity contribution in [1.29, 1.82) is 0 Å². The van der Waals surface area contributed by atoms with Gasteiger partial charge in [0.1, 0.15) is 5.60 Å². The highest BCUT2D eigenvalue weighted by atomic mass is 16.6. The fourth-order valence-electron chi connectivity index (χ4n) is 2.23. The Morgan fingerprint density at radius 3 is 2.65 bits per heavy atom. The van der Waals surface area contributed by atoms with Crippen LogP contribution in [0.25, 0.3) is 0 Å². The Bertz CT molecular complexity index is 544. The standard InChI is InChI=1S/C13H19N3O4/c1-7-5-8-9(14-15-10(8)11(17)18)6-16(7)12(19)20-13(2,3)4/h7H,5-6H2,1-4H3,(H,14,15)(H,17,18). The molecule has 0 spiro atoms. The van der Waals surface area contributed by atoms with Crippen molar-refractivity contribution in [2.24, 2.45) is 0 Å². The maximum atomic E-state index is 12.1. The van der Waals surface area contributed by atoms with Crippen LogP contribution in [0, 0.1) is 0 Å². The molecule has 1 aromatic heterocycles. The summed E-state index contributed by atoms with van der Waals surface area (Å²) in [5, 5.41) is 15.5. The molecule has 0 radical (unpaired) electrons. The molecule has 7 heteroatoms. The van der Waals surface area contributed by atoms with Gasteiger partial charge in [-0.3, -0.25) is 10.00 Å². The number of carboxylic acids is 1. The fraction of sp³-hybridized carbons (Fsp3) is 0.615. The first-order valence-electron chi connectivity index (χ1n) is 6.48. The van der Waals surface area contributed by atoms with Crippen LogP contribution in [-0.4, -0.2) is 43.9 Å². The molecule has 2 heterocycles. The minimum absolute atomic E-state index is 0.0377. The lowest BCUT2D eigenvalue weighted by molar-refractivity contribution is 0.0135. The van der Waals surface area contributed by atoms with E-state index in [0.717, 1.165) is 0 Å². The third kappa shape index (κ3) is 2.76. The molecule has 0 aliphatic carbocycles. The van der Waals surface area contributed by atoms with Crippen LogP contribution in [0.1, 0.15) is 49.4 Å². The fourth-order valence-corrected chi connectivity index (χ4v) is 2.23. The molecule has 0 saturated carbocycles. The van der Waals surface area contributed by atoms with Crippen LogP contribution in [0.15, 0.2) is 0 Å². The summed E-state index contributed by atoms with van der Waals surface area (Å²) in [4.78, 5) is 24.8. The van der Waals surface area contributed by atoms with E-state index >= 15 is 0 Å². The SMILES string of the molecule is CC1Cc2c(C(=O)O)n[nH]c2CN1C(=O)OC(C)(C)C. The normalized spacial score (nSPS) is 18.6. The second kappa shape index (κ2) is 4.81. The molecule has 1 unspecified atom stereocenters. The van der Waals surface area contributed by atoms with Gasteiger partial charge in [-0.05, 0) is 34.1 Å². The Morgan fingerprint density at radius 2 is 2.10 bits per heavy atom. The smallest absolute Gasteiger partial charge is 0.410 e. The number of H-pyrrole nitrogens is 1. The van der Waals surface area contributed by atoms with Crippen molar-refractivity contribution in [3.8, 4) is 0 Å². The van der Waals surface area contributed by atoms with Crippen molar-refractivity contribution in [2.45, 2.75) is 52.3 Å². The molecule has 1 amide bonds. The summed E-state index contributed by atoms with van der Waals surface area (Å²) in [5.41, 5.74) is 0.809. The largest absolute Gasteiger partial charge is 0.476 e. The molecular weight excluding hydrogens is 262 g/mol. The summed E-state index contributed by atoms with van der Waals surface area (Å²) in [5.74, 6) is -1.06. The van der Waals surface area contributed by atoms with Gasteiger partial charge in [0.15, 0.2) is 5.69 Å². The number of amides is 1. The molecule has 7 nitrogen and oxygen atoms in total. The number of carbonyl (C=O) groups is 2. The minimum atomic E-state index is -1.06. The Labute approximate surface area is 116 Å². The summed E-state index contributed by atoms with van der Waals surface area (Å²) in [6.45, 7) is 7.58. The Kier molecular flexibility index (Phi) is 3.45. The average molecular weight is 281 g/mol. The second-order valence-corrected chi connectivity index (χ2v) is 6.00. The zero-order valence-corrected chi connectivity index (χ0v) is 12.1. The molecule has 0 saturated heterocycles. The number of aromatic nitrogens is 2. The maximum Gasteiger partial charge on any atom is 0.410 e. The summed E-state index contributed by atoms with van der Waals surface area (Å²) >= 11 is 0. The average Bonchev–Trinajstić information content (AvgIpc) is 2.68. The summed E-state index contributed by atoms with van der Waals surface area (Å²) < 4.78 is 5.35. The van der Waals surface area contributed by atoms with Crippen LogP contribution in [0.5, 0.6) is 0 Å². The van der Waals surface area contributed by atoms with E-state index in [4.69, 9.17) is 9.84 Å². The van der Waals surface area contributed by atoms with E-state index in [2.05, 4.69) is 10.2 Å². The first-order chi connectivity index (χ1) is 9.19. The molecule has 1 atom stereocenters. The lowest BCUT2D eigenvalue weighted by Crippen LogP contribution is -2.45. The summed E-state index contributed by atoms with van der Waals surface area (Å²) in [6.07, 6.45) is 0.0503. The summed E-state index contributed by atoms with van der Waals surface area (Å²) in [7, 11) is 0. The number of carboxylic acid groups (broad SMARTS) is 1. The molecular formula is C13H19N3O4. The number of ether oxygens (including phenoxy) is 1. The number of hydrogen-bond acceptors (Lipinski definition) is 4. The zero-order chi connectivity index (χ0) is 15.1. The van der Waals surface area contributed by atoms with Crippen LogP contribution in [0.3, 0.4) is 0 Å². The first-order valence-corrected chi connectivity index (χ1v) is 6.48. The van der Waals surface area contributed by atoms with E-state index in [1.807, 2.05) is 27.7 Å². The number of hydrogen-bond donors (Lipinski definition) is 2. The Balaban J connectivity index is 2.20. The third-order valence-electron chi connectivity index (χ3n) is 3.14. The van der Waals surface area contributed by atoms with E-state index in [1.165, 1.54) is 0 Å². The van der Waals surface area contributed by atoms with E-state index in [-0.39, 0.29) is 18.3 Å². The zero-order valence-electron chi connectivity index (χ0n) is 12.1. The van der Waals surface area contributed by atoms with Gasteiger partial charge in [0, 0.05) is 11.6 Å². The van der Waals surface area contributed by atoms with Crippen LogP contribution >= 0.6 is 0 Å². The first kappa shape index (κ1) is 14.4. The van der Waals surface area contributed by atoms with Crippen molar-refractivity contribution in [3.05, 3.63) is 17.0 Å². The van der Waals surface area contributed by atoms with E-state index < -0.39 is 17.7 Å². The predicted molar refractivity (Wildman–Crippen MR) is 70.5 cm³/mol. The number of nitrogens with one attached hydrogen (secondary N) is 1. The van der Waals surface area contributed by atoms with Crippen LogP contribution in [-0.2, 0) is 17.7 Å². The maximum absolute atomic E-state index is 12.1. The van der Waals surface area contributed by atoms with Crippen molar-refractivity contribution < 1.29 is 19.4 Å². The second-order valence-electron chi connectivity index (χ2n) is 6.00. The van der Waals surface area contributed by atoms with Crippen molar-refractivity contribution in [3.63, 3.8) is 0 Å². The molecule has 1 aliphatic rings. The van der Waals surface area contributed by atoms with E-state index in [0.29, 0.717) is 17.7 Å². The highest BCUT2D eigenvalue weighted by Gasteiger charge is 2.34. The van der Waals surface area contributed by atoms with Gasteiger partial charge in [0.25, 0.3) is 0 Å². The molecule has 1 aliphatic heterocycles. The number of rotatable bonds is 1. The lowest BCUT2D eigenvalue weighted by Gasteiger charge is -2.34. The van der Waals surface area contributed by atoms with Gasteiger partial charge in [0.05, 0.1) is 12.2 Å². The number of nitrogens with zero attached hydrogens (tertiary/aromatic N) is 2. The minimum Gasteiger partial charge on any atom is -0.476 e. The van der Waals surface area contributed by atoms with E-state index in [9.17, 15) is 9.59 Å². The van der Waals surface area contributed by atoms with Crippen LogP contribution in [0.4, 0.5) is 4.79 Å². The van der Waals surface area contributed by atoms with Gasteiger partial charge in [-0.1, -0.05) is 0 Å². The Morgan fingerprint density at radius 1 is 1.45 bits per heavy atom. The van der Waals surface area contributed by atoms with Crippen LogP contribution in [0.2, 0.25) is 0 Å². The predicted octanol–water partition coefficient (Wildman–Crippen LogP) is 1.79. The van der Waals surface area contributed by atoms with Crippen LogP contribution < -0.4 is 0 Å². The van der Waals surface area contributed by atoms with Gasteiger partial charge < -0.3 is 9.84 Å². The van der Waals surface area contributed by atoms with Gasteiger partial charge in [-0.15, -0.1) is 0 Å². The van der Waals surface area contributed by atoms with Gasteiger partial charge in [-0.2, -0.15) is 5.10 Å². The molecule has 1 aromatic rings. The number of aromatic carboxylic acids is 1. The molecule has 20 heavy (non-hydrogen) atoms. The molecule has 110 valence electrons. The van der Waals surface area contributed by atoms with Gasteiger partial charge in [0.2, 0.25) is 0 Å². The highest BCUT2D eigenvalue weighted by Crippen LogP contribution is 2.25. The summed E-state index contributed by atoms with van der Waals surface area (Å²) in [6, 6.07) is -0.131. The van der Waals surface area contributed by atoms with Crippen molar-refractivity contribution in [2.75, 3.05) is 0 Å². The number of aromatic amines is 1. The lowest BCUT2D eigenvalue weighted by atomic mass is 9.98. The van der Waals surface area contributed by atoms with Crippen molar-refractivity contribution in [1.82, 2.24) is 15.1 Å². The molecule has 2 N–H and O–H groups in total. The molecule has 0 aromatic carbocycles.